The summed E-state index contributed by atoms with van der Waals surface area (Å²) in [5.41, 5.74) is -0.233. The van der Waals surface area contributed by atoms with Gasteiger partial charge in [-0.15, -0.1) is 0 Å². The SMILES string of the molecule is CC1(C)OC[C@@H](CNc2ncnc(C(=O)O)c2Cl)O1. The number of carboxylic acid groups (broad SMARTS) is 1. The lowest BCUT2D eigenvalue weighted by Crippen LogP contribution is -2.26. The van der Waals surface area contributed by atoms with Crippen LogP contribution in [-0.4, -0.2) is 46.1 Å². The summed E-state index contributed by atoms with van der Waals surface area (Å²) in [7, 11) is 0. The molecule has 1 aromatic rings. The number of hydrogen-bond donors (Lipinski definition) is 2. The third-order valence-electron chi connectivity index (χ3n) is 2.56. The maximum atomic E-state index is 10.9. The molecular weight excluding hydrogens is 274 g/mol. The van der Waals surface area contributed by atoms with Gasteiger partial charge in [0.05, 0.1) is 6.61 Å². The largest absolute Gasteiger partial charge is 0.476 e. The van der Waals surface area contributed by atoms with Crippen LogP contribution in [0.5, 0.6) is 0 Å². The maximum absolute atomic E-state index is 10.9. The van der Waals surface area contributed by atoms with E-state index in [0.717, 1.165) is 6.33 Å². The van der Waals surface area contributed by atoms with Crippen molar-refractivity contribution >= 4 is 23.4 Å². The van der Waals surface area contributed by atoms with Gasteiger partial charge in [0.15, 0.2) is 11.5 Å². The minimum absolute atomic E-state index is 0.0202. The van der Waals surface area contributed by atoms with Gasteiger partial charge < -0.3 is 19.9 Å². The van der Waals surface area contributed by atoms with Gasteiger partial charge in [0, 0.05) is 6.54 Å². The zero-order chi connectivity index (χ0) is 14.0. The van der Waals surface area contributed by atoms with Crippen molar-refractivity contribution in [3.05, 3.63) is 17.0 Å². The Morgan fingerprint density at radius 1 is 1.63 bits per heavy atom. The van der Waals surface area contributed by atoms with E-state index in [1.165, 1.54) is 0 Å². The highest BCUT2D eigenvalue weighted by Crippen LogP contribution is 2.24. The highest BCUT2D eigenvalue weighted by atomic mass is 35.5. The van der Waals surface area contributed by atoms with E-state index in [4.69, 9.17) is 26.2 Å². The summed E-state index contributed by atoms with van der Waals surface area (Å²) in [6.45, 7) is 4.52. The molecule has 104 valence electrons. The molecule has 1 aliphatic rings. The summed E-state index contributed by atoms with van der Waals surface area (Å²) < 4.78 is 11.0. The van der Waals surface area contributed by atoms with Crippen molar-refractivity contribution in [2.45, 2.75) is 25.7 Å². The minimum atomic E-state index is -1.20. The lowest BCUT2D eigenvalue weighted by atomic mass is 10.3. The number of aromatic nitrogens is 2. The van der Waals surface area contributed by atoms with E-state index in [-0.39, 0.29) is 22.6 Å². The molecule has 0 amide bonds. The van der Waals surface area contributed by atoms with E-state index in [9.17, 15) is 4.79 Å². The van der Waals surface area contributed by atoms with Crippen LogP contribution in [0.2, 0.25) is 5.02 Å². The van der Waals surface area contributed by atoms with Gasteiger partial charge in [0.2, 0.25) is 0 Å². The number of hydrogen-bond acceptors (Lipinski definition) is 6. The fraction of sp³-hybridized carbons (Fsp3) is 0.545. The highest BCUT2D eigenvalue weighted by molar-refractivity contribution is 6.35. The summed E-state index contributed by atoms with van der Waals surface area (Å²) in [6, 6.07) is 0. The first-order chi connectivity index (χ1) is 8.89. The van der Waals surface area contributed by atoms with Crippen LogP contribution in [0.25, 0.3) is 0 Å². The molecule has 1 aliphatic heterocycles. The molecule has 8 heteroatoms. The smallest absolute Gasteiger partial charge is 0.356 e. The Hall–Kier alpha value is -1.44. The van der Waals surface area contributed by atoms with Gasteiger partial charge in [-0.25, -0.2) is 14.8 Å². The number of rotatable bonds is 4. The number of carbonyl (C=O) groups is 1. The lowest BCUT2D eigenvalue weighted by Gasteiger charge is -2.17. The Balaban J connectivity index is 2.01. The van der Waals surface area contributed by atoms with Crippen LogP contribution in [0.1, 0.15) is 24.3 Å². The Labute approximate surface area is 114 Å². The summed E-state index contributed by atoms with van der Waals surface area (Å²) >= 11 is 5.90. The molecule has 0 saturated carbocycles. The minimum Gasteiger partial charge on any atom is -0.476 e. The van der Waals surface area contributed by atoms with Crippen molar-refractivity contribution in [2.75, 3.05) is 18.5 Å². The third-order valence-corrected chi connectivity index (χ3v) is 2.91. The Bertz CT molecular complexity index is 495. The lowest BCUT2D eigenvalue weighted by molar-refractivity contribution is -0.136. The van der Waals surface area contributed by atoms with Gasteiger partial charge in [0.25, 0.3) is 0 Å². The second kappa shape index (κ2) is 5.28. The molecule has 0 aromatic carbocycles. The Kier molecular flexibility index (Phi) is 3.88. The number of nitrogens with one attached hydrogen (secondary N) is 1. The molecule has 2 N–H and O–H groups in total. The van der Waals surface area contributed by atoms with Crippen molar-refractivity contribution in [3.63, 3.8) is 0 Å². The van der Waals surface area contributed by atoms with Gasteiger partial charge in [-0.1, -0.05) is 11.6 Å². The van der Waals surface area contributed by atoms with Crippen molar-refractivity contribution in [3.8, 4) is 0 Å². The van der Waals surface area contributed by atoms with E-state index in [1.807, 2.05) is 13.8 Å². The summed E-state index contributed by atoms with van der Waals surface area (Å²) in [6.07, 6.45) is 1.00. The molecule has 0 radical (unpaired) electrons. The van der Waals surface area contributed by atoms with Crippen LogP contribution in [0.15, 0.2) is 6.33 Å². The number of ether oxygens (including phenoxy) is 2. The Morgan fingerprint density at radius 3 is 2.95 bits per heavy atom. The van der Waals surface area contributed by atoms with Crippen molar-refractivity contribution < 1.29 is 19.4 Å². The second-order valence-corrected chi connectivity index (χ2v) is 4.90. The number of nitrogens with zero attached hydrogens (tertiary/aromatic N) is 2. The first kappa shape index (κ1) is 14.0. The average molecular weight is 288 g/mol. The van der Waals surface area contributed by atoms with Gasteiger partial charge in [-0.3, -0.25) is 0 Å². The van der Waals surface area contributed by atoms with Crippen LogP contribution in [0, 0.1) is 0 Å². The van der Waals surface area contributed by atoms with E-state index in [1.54, 1.807) is 0 Å². The summed E-state index contributed by atoms with van der Waals surface area (Å²) in [5, 5.41) is 11.8. The monoisotopic (exact) mass is 287 g/mol. The van der Waals surface area contributed by atoms with Gasteiger partial charge >= 0.3 is 5.97 Å². The van der Waals surface area contributed by atoms with Gasteiger partial charge in [-0.2, -0.15) is 0 Å². The standard InChI is InChI=1S/C11H14ClN3O4/c1-11(2)18-4-6(19-11)3-13-9-7(12)8(10(16)17)14-5-15-9/h5-6H,3-4H2,1-2H3,(H,16,17)(H,13,14,15)/t6-/m1/s1. The summed E-state index contributed by atoms with van der Waals surface area (Å²) in [4.78, 5) is 18.4. The van der Waals surface area contributed by atoms with Crippen molar-refractivity contribution in [2.24, 2.45) is 0 Å². The van der Waals surface area contributed by atoms with E-state index in [2.05, 4.69) is 15.3 Å². The molecular formula is C11H14ClN3O4. The quantitative estimate of drug-likeness (QED) is 0.864. The van der Waals surface area contributed by atoms with E-state index < -0.39 is 11.8 Å². The molecule has 7 nitrogen and oxygen atoms in total. The molecule has 0 aliphatic carbocycles. The van der Waals surface area contributed by atoms with Gasteiger partial charge in [-0.05, 0) is 13.8 Å². The predicted octanol–water partition coefficient (Wildman–Crippen LogP) is 1.39. The second-order valence-electron chi connectivity index (χ2n) is 4.52. The van der Waals surface area contributed by atoms with E-state index >= 15 is 0 Å². The predicted molar refractivity (Wildman–Crippen MR) is 67.4 cm³/mol. The van der Waals surface area contributed by atoms with Gasteiger partial charge in [0.1, 0.15) is 23.3 Å². The molecule has 19 heavy (non-hydrogen) atoms. The molecule has 1 aromatic heterocycles. The molecule has 1 atom stereocenters. The number of halogens is 1. The number of carboxylic acids is 1. The van der Waals surface area contributed by atoms with Crippen molar-refractivity contribution in [1.82, 2.24) is 9.97 Å². The Morgan fingerprint density at radius 2 is 2.37 bits per heavy atom. The molecule has 2 rings (SSSR count). The number of anilines is 1. The average Bonchev–Trinajstić information content (AvgIpc) is 2.67. The summed E-state index contributed by atoms with van der Waals surface area (Å²) in [5.74, 6) is -1.53. The third kappa shape index (κ3) is 3.31. The molecule has 1 fully saturated rings. The first-order valence-electron chi connectivity index (χ1n) is 5.68. The first-order valence-corrected chi connectivity index (χ1v) is 6.06. The highest BCUT2D eigenvalue weighted by Gasteiger charge is 2.32. The van der Waals surface area contributed by atoms with Crippen LogP contribution >= 0.6 is 11.6 Å². The molecule has 2 heterocycles. The zero-order valence-corrected chi connectivity index (χ0v) is 11.3. The topological polar surface area (TPSA) is 93.6 Å². The molecule has 0 bridgehead atoms. The fourth-order valence-electron chi connectivity index (χ4n) is 1.72. The maximum Gasteiger partial charge on any atom is 0.356 e. The zero-order valence-electron chi connectivity index (χ0n) is 10.5. The van der Waals surface area contributed by atoms with Crippen LogP contribution < -0.4 is 5.32 Å². The number of aromatic carboxylic acids is 1. The normalized spacial score (nSPS) is 21.3. The fourth-order valence-corrected chi connectivity index (χ4v) is 1.96. The van der Waals surface area contributed by atoms with Crippen molar-refractivity contribution in [1.29, 1.82) is 0 Å². The molecule has 0 spiro atoms. The van der Waals surface area contributed by atoms with Crippen LogP contribution in [-0.2, 0) is 9.47 Å². The van der Waals surface area contributed by atoms with Crippen LogP contribution in [0.3, 0.4) is 0 Å². The van der Waals surface area contributed by atoms with E-state index in [0.29, 0.717) is 13.2 Å². The van der Waals surface area contributed by atoms with Crippen LogP contribution in [0.4, 0.5) is 5.82 Å². The molecule has 1 saturated heterocycles. The molecule has 0 unspecified atom stereocenters.